The van der Waals surface area contributed by atoms with Crippen molar-refractivity contribution in [3.63, 3.8) is 0 Å². The zero-order chi connectivity index (χ0) is 12.8. The Hall–Kier alpha value is -0.0800. The van der Waals surface area contributed by atoms with E-state index in [-0.39, 0.29) is 11.2 Å². The molecule has 2 aliphatic carbocycles. The fourth-order valence-corrected chi connectivity index (χ4v) is 4.51. The first-order valence-corrected chi connectivity index (χ1v) is 7.89. The molecule has 1 saturated heterocycles. The van der Waals surface area contributed by atoms with E-state index >= 15 is 0 Å². The van der Waals surface area contributed by atoms with Crippen LogP contribution in [0.15, 0.2) is 0 Å². The second-order valence-electron chi connectivity index (χ2n) is 7.44. The molecule has 104 valence electrons. The fourth-order valence-electron chi connectivity index (χ4n) is 4.51. The molecular weight excluding hydrogens is 224 g/mol. The molecule has 2 heteroatoms. The van der Waals surface area contributed by atoms with Crippen molar-refractivity contribution >= 4 is 0 Å². The molecule has 2 saturated carbocycles. The van der Waals surface area contributed by atoms with E-state index in [0.717, 1.165) is 44.1 Å². The molecule has 0 aromatic heterocycles. The average Bonchev–Trinajstić information content (AvgIpc) is 2.73. The molecule has 1 aliphatic heterocycles. The van der Waals surface area contributed by atoms with Crippen molar-refractivity contribution in [1.82, 2.24) is 0 Å². The largest absolute Gasteiger partial charge is 0.390 e. The van der Waals surface area contributed by atoms with Gasteiger partial charge in [0.2, 0.25) is 0 Å². The Bertz CT molecular complexity index is 298. The van der Waals surface area contributed by atoms with Gasteiger partial charge in [-0.05, 0) is 56.3 Å². The van der Waals surface area contributed by atoms with E-state index < -0.39 is 0 Å². The van der Waals surface area contributed by atoms with E-state index in [9.17, 15) is 5.11 Å². The highest BCUT2D eigenvalue weighted by Crippen LogP contribution is 2.53. The zero-order valence-electron chi connectivity index (χ0n) is 12.0. The monoisotopic (exact) mass is 252 g/mol. The summed E-state index contributed by atoms with van der Waals surface area (Å²) in [7, 11) is 0. The third-order valence-electron chi connectivity index (χ3n) is 5.94. The van der Waals surface area contributed by atoms with E-state index in [1.165, 1.54) is 25.7 Å². The molecule has 1 N–H and O–H groups in total. The summed E-state index contributed by atoms with van der Waals surface area (Å²) >= 11 is 0. The molecule has 18 heavy (non-hydrogen) atoms. The Morgan fingerprint density at radius 1 is 1.11 bits per heavy atom. The normalized spacial score (nSPS) is 43.3. The summed E-state index contributed by atoms with van der Waals surface area (Å²) in [4.78, 5) is 0. The van der Waals surface area contributed by atoms with Crippen LogP contribution in [0.4, 0.5) is 0 Å². The Balaban J connectivity index is 1.63. The van der Waals surface area contributed by atoms with Crippen molar-refractivity contribution in [2.24, 2.45) is 17.8 Å². The summed E-state index contributed by atoms with van der Waals surface area (Å²) in [5.41, 5.74) is -0.199. The van der Waals surface area contributed by atoms with Gasteiger partial charge in [0.05, 0.1) is 11.2 Å². The molecule has 3 rings (SSSR count). The lowest BCUT2D eigenvalue weighted by atomic mass is 9.58. The van der Waals surface area contributed by atoms with Crippen LogP contribution in [-0.2, 0) is 4.74 Å². The average molecular weight is 252 g/mol. The first-order chi connectivity index (χ1) is 8.53. The summed E-state index contributed by atoms with van der Waals surface area (Å²) in [5.74, 6) is 1.97. The van der Waals surface area contributed by atoms with E-state index in [1.54, 1.807) is 0 Å². The van der Waals surface area contributed by atoms with Gasteiger partial charge in [0.15, 0.2) is 0 Å². The van der Waals surface area contributed by atoms with Gasteiger partial charge in [-0.15, -0.1) is 0 Å². The molecular formula is C16H28O2. The maximum absolute atomic E-state index is 10.8. The molecule has 0 aromatic carbocycles. The van der Waals surface area contributed by atoms with E-state index in [0.29, 0.717) is 5.92 Å². The summed E-state index contributed by atoms with van der Waals surface area (Å²) in [6, 6.07) is 0. The van der Waals surface area contributed by atoms with Gasteiger partial charge in [0.25, 0.3) is 0 Å². The van der Waals surface area contributed by atoms with Crippen molar-refractivity contribution in [2.45, 2.75) is 76.4 Å². The van der Waals surface area contributed by atoms with Gasteiger partial charge in [-0.1, -0.05) is 26.7 Å². The third kappa shape index (κ3) is 2.12. The van der Waals surface area contributed by atoms with Gasteiger partial charge in [-0.2, -0.15) is 0 Å². The van der Waals surface area contributed by atoms with E-state index in [1.807, 2.05) is 0 Å². The number of rotatable bonds is 2. The van der Waals surface area contributed by atoms with Gasteiger partial charge in [-0.3, -0.25) is 0 Å². The quantitative estimate of drug-likeness (QED) is 0.814. The van der Waals surface area contributed by atoms with Crippen LogP contribution in [0.25, 0.3) is 0 Å². The standard InChI is InChI=1S/C16H28O2/c1-12(2)13-9-16(17,10-13)14-5-8-18-15(11-14)6-3-4-7-15/h12-14,17H,3-11H2,1-2H3. The maximum atomic E-state index is 10.8. The number of ether oxygens (including phenoxy) is 1. The Labute approximate surface area is 111 Å². The molecule has 1 spiro atoms. The molecule has 1 unspecified atom stereocenters. The van der Waals surface area contributed by atoms with Crippen LogP contribution in [0.3, 0.4) is 0 Å². The van der Waals surface area contributed by atoms with Gasteiger partial charge in [0.1, 0.15) is 0 Å². The first kappa shape index (κ1) is 12.9. The Morgan fingerprint density at radius 2 is 1.78 bits per heavy atom. The third-order valence-corrected chi connectivity index (χ3v) is 5.94. The highest BCUT2D eigenvalue weighted by Gasteiger charge is 2.53. The predicted molar refractivity (Wildman–Crippen MR) is 72.4 cm³/mol. The van der Waals surface area contributed by atoms with Crippen LogP contribution >= 0.6 is 0 Å². The maximum Gasteiger partial charge on any atom is 0.0686 e. The Morgan fingerprint density at radius 3 is 2.39 bits per heavy atom. The van der Waals surface area contributed by atoms with Crippen molar-refractivity contribution in [1.29, 1.82) is 0 Å². The van der Waals surface area contributed by atoms with Crippen LogP contribution in [0.1, 0.15) is 65.2 Å². The van der Waals surface area contributed by atoms with Crippen molar-refractivity contribution in [3.05, 3.63) is 0 Å². The number of hydrogen-bond acceptors (Lipinski definition) is 2. The van der Waals surface area contributed by atoms with Gasteiger partial charge in [-0.25, -0.2) is 0 Å². The van der Waals surface area contributed by atoms with Crippen LogP contribution in [0, 0.1) is 17.8 Å². The minimum Gasteiger partial charge on any atom is -0.390 e. The van der Waals surface area contributed by atoms with Gasteiger partial charge >= 0.3 is 0 Å². The molecule has 3 fully saturated rings. The molecule has 1 heterocycles. The number of hydrogen-bond donors (Lipinski definition) is 1. The molecule has 2 nitrogen and oxygen atoms in total. The molecule has 0 aromatic rings. The highest BCUT2D eigenvalue weighted by atomic mass is 16.5. The van der Waals surface area contributed by atoms with Crippen molar-refractivity contribution in [2.75, 3.05) is 6.61 Å². The van der Waals surface area contributed by atoms with Crippen LogP contribution < -0.4 is 0 Å². The predicted octanol–water partition coefficient (Wildman–Crippen LogP) is 3.52. The first-order valence-electron chi connectivity index (χ1n) is 7.89. The lowest BCUT2D eigenvalue weighted by Gasteiger charge is -2.53. The smallest absolute Gasteiger partial charge is 0.0686 e. The van der Waals surface area contributed by atoms with Crippen molar-refractivity contribution < 1.29 is 9.84 Å². The Kier molecular flexibility index (Phi) is 3.22. The summed E-state index contributed by atoms with van der Waals surface area (Å²) in [5, 5.41) is 10.8. The zero-order valence-corrected chi connectivity index (χ0v) is 12.0. The van der Waals surface area contributed by atoms with Crippen LogP contribution in [0.2, 0.25) is 0 Å². The minimum absolute atomic E-state index is 0.154. The van der Waals surface area contributed by atoms with Crippen molar-refractivity contribution in [3.8, 4) is 0 Å². The molecule has 3 aliphatic rings. The summed E-state index contributed by atoms with van der Waals surface area (Å²) in [6.45, 7) is 5.44. The lowest BCUT2D eigenvalue weighted by molar-refractivity contribution is -0.184. The fraction of sp³-hybridized carbons (Fsp3) is 1.00. The SMILES string of the molecule is CC(C)C1CC(O)(C2CCOC3(CCCC3)C2)C1. The molecule has 1 atom stereocenters. The summed E-state index contributed by atoms with van der Waals surface area (Å²) < 4.78 is 6.08. The van der Waals surface area contributed by atoms with Crippen LogP contribution in [0.5, 0.6) is 0 Å². The topological polar surface area (TPSA) is 29.5 Å². The second-order valence-corrected chi connectivity index (χ2v) is 7.44. The van der Waals surface area contributed by atoms with E-state index in [4.69, 9.17) is 4.74 Å². The molecule has 0 radical (unpaired) electrons. The van der Waals surface area contributed by atoms with Crippen LogP contribution in [-0.4, -0.2) is 22.9 Å². The second kappa shape index (κ2) is 4.49. The number of aliphatic hydroxyl groups is 1. The molecule has 0 amide bonds. The summed E-state index contributed by atoms with van der Waals surface area (Å²) in [6.07, 6.45) is 9.36. The van der Waals surface area contributed by atoms with Gasteiger partial charge in [0, 0.05) is 6.61 Å². The molecule has 0 bridgehead atoms. The lowest BCUT2D eigenvalue weighted by Crippen LogP contribution is -2.55. The van der Waals surface area contributed by atoms with Gasteiger partial charge < -0.3 is 9.84 Å². The minimum atomic E-state index is -0.353. The highest BCUT2D eigenvalue weighted by molar-refractivity contribution is 5.04. The van der Waals surface area contributed by atoms with E-state index in [2.05, 4.69) is 13.8 Å².